The van der Waals surface area contributed by atoms with Crippen molar-refractivity contribution in [1.82, 2.24) is 0 Å². The van der Waals surface area contributed by atoms with E-state index in [0.717, 1.165) is 24.3 Å². The number of unbranched alkanes of at least 4 members (excludes halogenated alkanes) is 6. The van der Waals surface area contributed by atoms with E-state index in [1.807, 2.05) is 0 Å². The number of fused-ring (bicyclic) bond motifs is 7. The molecule has 0 N–H and O–H groups in total. The lowest BCUT2D eigenvalue weighted by Gasteiger charge is -2.17. The summed E-state index contributed by atoms with van der Waals surface area (Å²) < 4.78 is 13.1. The summed E-state index contributed by atoms with van der Waals surface area (Å²) in [6.07, 6.45) is 9.44. The van der Waals surface area contributed by atoms with Gasteiger partial charge in [0.2, 0.25) is 0 Å². The molecule has 1 aliphatic carbocycles. The number of hydrogen-bond donors (Lipinski definition) is 0. The maximum absolute atomic E-state index is 6.55. The second-order valence-electron chi connectivity index (χ2n) is 12.2. The topological polar surface area (TPSA) is 18.5 Å². The second-order valence-corrected chi connectivity index (χ2v) is 12.2. The quantitative estimate of drug-likeness (QED) is 0.100. The fourth-order valence-corrected chi connectivity index (χ4v) is 7.10. The highest BCUT2D eigenvalue weighted by atomic mass is 16.5. The molecule has 0 amide bonds. The van der Waals surface area contributed by atoms with Crippen LogP contribution in [-0.2, 0) is 0 Å². The van der Waals surface area contributed by atoms with Crippen molar-refractivity contribution in [2.75, 3.05) is 13.2 Å². The molecule has 2 nitrogen and oxygen atoms in total. The van der Waals surface area contributed by atoms with Gasteiger partial charge < -0.3 is 9.47 Å². The van der Waals surface area contributed by atoms with Crippen LogP contribution >= 0.6 is 0 Å². The Morgan fingerprint density at radius 1 is 0.455 bits per heavy atom. The molecule has 0 aromatic heterocycles. The van der Waals surface area contributed by atoms with Crippen molar-refractivity contribution in [2.24, 2.45) is 0 Å². The van der Waals surface area contributed by atoms with Crippen LogP contribution in [0.15, 0.2) is 97.1 Å². The van der Waals surface area contributed by atoms with Crippen molar-refractivity contribution in [2.45, 2.75) is 65.2 Å². The van der Waals surface area contributed by atoms with E-state index in [2.05, 4.69) is 111 Å². The summed E-state index contributed by atoms with van der Waals surface area (Å²) in [5, 5.41) is 7.77. The maximum atomic E-state index is 6.55. The van der Waals surface area contributed by atoms with Gasteiger partial charge in [-0.2, -0.15) is 0 Å². The average molecular weight is 579 g/mol. The minimum Gasteiger partial charge on any atom is -0.490 e. The summed E-state index contributed by atoms with van der Waals surface area (Å²) in [4.78, 5) is 0. The van der Waals surface area contributed by atoms with E-state index in [9.17, 15) is 0 Å². The first-order valence-electron chi connectivity index (χ1n) is 16.7. The molecule has 0 spiro atoms. The van der Waals surface area contributed by atoms with E-state index in [4.69, 9.17) is 9.47 Å². The molecular formula is C42H42O2. The van der Waals surface area contributed by atoms with Crippen LogP contribution in [0, 0.1) is 0 Å². The molecule has 1 aliphatic rings. The first kappa shape index (κ1) is 28.5. The third kappa shape index (κ3) is 5.11. The monoisotopic (exact) mass is 578 g/mol. The summed E-state index contributed by atoms with van der Waals surface area (Å²) in [6, 6.07) is 35.7. The Morgan fingerprint density at radius 2 is 0.977 bits per heavy atom. The zero-order chi connectivity index (χ0) is 29.9. The predicted molar refractivity (Wildman–Crippen MR) is 188 cm³/mol. The Hall–Kier alpha value is -4.30. The fourth-order valence-electron chi connectivity index (χ4n) is 7.10. The molecule has 0 saturated carbocycles. The smallest absolute Gasteiger partial charge is 0.161 e. The first-order chi connectivity index (χ1) is 21.8. The van der Waals surface area contributed by atoms with Crippen molar-refractivity contribution in [3.63, 3.8) is 0 Å². The van der Waals surface area contributed by atoms with Gasteiger partial charge in [0.15, 0.2) is 11.5 Å². The highest BCUT2D eigenvalue weighted by Gasteiger charge is 2.30. The van der Waals surface area contributed by atoms with Gasteiger partial charge in [-0.05, 0) is 96.7 Å². The van der Waals surface area contributed by atoms with Gasteiger partial charge in [0.1, 0.15) is 0 Å². The van der Waals surface area contributed by atoms with Crippen LogP contribution in [0.1, 0.15) is 65.2 Å². The van der Waals surface area contributed by atoms with Crippen LogP contribution in [0.25, 0.3) is 65.7 Å². The highest BCUT2D eigenvalue weighted by Crippen LogP contribution is 2.57. The molecule has 7 rings (SSSR count). The van der Waals surface area contributed by atoms with Crippen LogP contribution in [-0.4, -0.2) is 13.2 Å². The molecule has 222 valence electrons. The molecule has 0 heterocycles. The van der Waals surface area contributed by atoms with Gasteiger partial charge in [0.25, 0.3) is 0 Å². The lowest BCUT2D eigenvalue weighted by Crippen LogP contribution is -2.03. The molecule has 44 heavy (non-hydrogen) atoms. The number of ether oxygens (including phenoxy) is 2. The molecule has 0 fully saturated rings. The summed E-state index contributed by atoms with van der Waals surface area (Å²) in [5.74, 6) is 1.74. The molecule has 6 aromatic carbocycles. The van der Waals surface area contributed by atoms with Crippen LogP contribution in [0.3, 0.4) is 0 Å². The third-order valence-electron chi connectivity index (χ3n) is 9.23. The Kier molecular flexibility index (Phi) is 8.24. The molecular weight excluding hydrogens is 536 g/mol. The third-order valence-corrected chi connectivity index (χ3v) is 9.23. The Bertz CT molecular complexity index is 1890. The molecule has 0 atom stereocenters. The van der Waals surface area contributed by atoms with Gasteiger partial charge in [0.05, 0.1) is 13.2 Å². The molecule has 0 aliphatic heterocycles. The van der Waals surface area contributed by atoms with Crippen molar-refractivity contribution in [3.8, 4) is 44.9 Å². The highest BCUT2D eigenvalue weighted by molar-refractivity contribution is 6.33. The lowest BCUT2D eigenvalue weighted by atomic mass is 9.86. The van der Waals surface area contributed by atoms with E-state index < -0.39 is 0 Å². The van der Waals surface area contributed by atoms with Crippen molar-refractivity contribution < 1.29 is 9.47 Å². The van der Waals surface area contributed by atoms with E-state index in [0.29, 0.717) is 13.2 Å². The number of benzene rings is 6. The van der Waals surface area contributed by atoms with E-state index in [-0.39, 0.29) is 0 Å². The maximum Gasteiger partial charge on any atom is 0.161 e. The van der Waals surface area contributed by atoms with Gasteiger partial charge in [-0.25, -0.2) is 0 Å². The second kappa shape index (κ2) is 12.7. The van der Waals surface area contributed by atoms with Gasteiger partial charge in [-0.15, -0.1) is 0 Å². The lowest BCUT2D eigenvalue weighted by molar-refractivity contribution is 0.259. The summed E-state index contributed by atoms with van der Waals surface area (Å²) in [7, 11) is 0. The Labute approximate surface area is 261 Å². The molecule has 0 saturated heterocycles. The molecule has 2 heteroatoms. The van der Waals surface area contributed by atoms with Gasteiger partial charge >= 0.3 is 0 Å². The molecule has 0 bridgehead atoms. The van der Waals surface area contributed by atoms with Crippen LogP contribution < -0.4 is 9.47 Å². The average Bonchev–Trinajstić information content (AvgIpc) is 3.40. The summed E-state index contributed by atoms with van der Waals surface area (Å²) >= 11 is 0. The number of rotatable bonds is 13. The minimum absolute atomic E-state index is 0.712. The molecule has 0 unspecified atom stereocenters. The SMILES string of the molecule is CCCCCCOc1cc2c(cc1OCCCCCC)-c1c3ccccc3c(-c3ccccc3)c3cc4ccccc4c-2c13. The minimum atomic E-state index is 0.712. The first-order valence-corrected chi connectivity index (χ1v) is 16.7. The van der Waals surface area contributed by atoms with E-state index in [1.54, 1.807) is 0 Å². The molecule has 0 radical (unpaired) electrons. The normalized spacial score (nSPS) is 11.9. The van der Waals surface area contributed by atoms with Gasteiger partial charge in [-0.1, -0.05) is 131 Å². The van der Waals surface area contributed by atoms with Crippen LogP contribution in [0.5, 0.6) is 11.5 Å². The summed E-state index contributed by atoms with van der Waals surface area (Å²) in [5.41, 5.74) is 7.69. The van der Waals surface area contributed by atoms with E-state index >= 15 is 0 Å². The van der Waals surface area contributed by atoms with Crippen molar-refractivity contribution >= 4 is 32.3 Å². The van der Waals surface area contributed by atoms with Gasteiger partial charge in [0, 0.05) is 0 Å². The zero-order valence-corrected chi connectivity index (χ0v) is 26.1. The van der Waals surface area contributed by atoms with Crippen LogP contribution in [0.2, 0.25) is 0 Å². The largest absolute Gasteiger partial charge is 0.490 e. The van der Waals surface area contributed by atoms with E-state index in [1.165, 1.54) is 104 Å². The van der Waals surface area contributed by atoms with Gasteiger partial charge in [-0.3, -0.25) is 0 Å². The van der Waals surface area contributed by atoms with Crippen molar-refractivity contribution in [3.05, 3.63) is 97.1 Å². The summed E-state index contributed by atoms with van der Waals surface area (Å²) in [6.45, 7) is 5.93. The fraction of sp³-hybridized carbons (Fsp3) is 0.286. The number of hydrogen-bond acceptors (Lipinski definition) is 2. The Morgan fingerprint density at radius 3 is 1.59 bits per heavy atom. The predicted octanol–water partition coefficient (Wildman–Crippen LogP) is 12.4. The Balaban J connectivity index is 1.47. The van der Waals surface area contributed by atoms with Crippen molar-refractivity contribution in [1.29, 1.82) is 0 Å². The van der Waals surface area contributed by atoms with Crippen LogP contribution in [0.4, 0.5) is 0 Å². The molecule has 6 aromatic rings. The standard InChI is InChI=1S/C42H42O2/c1-3-5-7-16-24-43-37-27-34-35(28-38(37)44-25-17-8-6-4-2)41-33-23-15-14-22-32(33)39(29-18-10-9-11-19-29)36-26-30-20-12-13-21-31(30)40(34)42(36)41/h9-15,18-23,26-28H,3-8,16-17,24-25H2,1-2H3. The zero-order valence-electron chi connectivity index (χ0n) is 26.1.